The zero-order valence-corrected chi connectivity index (χ0v) is 14.1. The Morgan fingerprint density at radius 2 is 2.04 bits per heavy atom. The van der Waals surface area contributed by atoms with Crippen LogP contribution in [0.2, 0.25) is 0 Å². The number of amides is 1. The first kappa shape index (κ1) is 18.2. The molecule has 1 saturated heterocycles. The fraction of sp³-hybridized carbons (Fsp3) is 0.353. The molecule has 1 amide bonds. The Morgan fingerprint density at radius 1 is 1.25 bits per heavy atom. The molecule has 128 valence electrons. The van der Waals surface area contributed by atoms with Gasteiger partial charge in [-0.25, -0.2) is 0 Å². The summed E-state index contributed by atoms with van der Waals surface area (Å²) in [5.41, 5.74) is 0.630. The largest absolute Gasteiger partial charge is 0.350 e. The van der Waals surface area contributed by atoms with Crippen LogP contribution in [0.1, 0.15) is 23.3 Å². The molecule has 3 rings (SSSR count). The summed E-state index contributed by atoms with van der Waals surface area (Å²) >= 11 is 0. The van der Waals surface area contributed by atoms with Crippen LogP contribution in [0.5, 0.6) is 0 Å². The third-order valence-corrected chi connectivity index (χ3v) is 3.98. The van der Waals surface area contributed by atoms with Crippen molar-refractivity contribution in [2.45, 2.75) is 12.8 Å². The van der Waals surface area contributed by atoms with E-state index in [0.717, 1.165) is 25.9 Å². The molecule has 24 heavy (non-hydrogen) atoms. The maximum Gasteiger partial charge on any atom is 0.271 e. The van der Waals surface area contributed by atoms with Crippen LogP contribution in [0.4, 0.5) is 0 Å². The summed E-state index contributed by atoms with van der Waals surface area (Å²) in [5, 5.41) is 10.4. The third kappa shape index (κ3) is 4.43. The molecular weight excluding hydrogens is 328 g/mol. The van der Waals surface area contributed by atoms with Crippen molar-refractivity contribution in [3.05, 3.63) is 58.5 Å². The minimum atomic E-state index is -0.260. The Kier molecular flexibility index (Phi) is 6.52. The molecule has 1 aromatic carbocycles. The highest BCUT2D eigenvalue weighted by atomic mass is 35.5. The quantitative estimate of drug-likeness (QED) is 0.875. The fourth-order valence-electron chi connectivity index (χ4n) is 2.71. The van der Waals surface area contributed by atoms with Crippen molar-refractivity contribution in [3.8, 4) is 5.69 Å². The van der Waals surface area contributed by atoms with Gasteiger partial charge in [-0.1, -0.05) is 18.2 Å². The number of piperidine rings is 1. The van der Waals surface area contributed by atoms with Gasteiger partial charge in [0.05, 0.1) is 5.69 Å². The summed E-state index contributed by atoms with van der Waals surface area (Å²) < 4.78 is 1.25. The summed E-state index contributed by atoms with van der Waals surface area (Å²) in [5.74, 6) is 0.202. The molecule has 2 aromatic rings. The van der Waals surface area contributed by atoms with E-state index in [2.05, 4.69) is 15.7 Å². The topological polar surface area (TPSA) is 76.0 Å². The first-order valence-corrected chi connectivity index (χ1v) is 7.89. The number of halogens is 1. The highest BCUT2D eigenvalue weighted by Gasteiger charge is 2.16. The normalized spacial score (nSPS) is 16.9. The minimum absolute atomic E-state index is 0. The number of aromatic nitrogens is 2. The zero-order chi connectivity index (χ0) is 16.1. The molecule has 1 aliphatic heterocycles. The second-order valence-electron chi connectivity index (χ2n) is 5.73. The van der Waals surface area contributed by atoms with Crippen molar-refractivity contribution in [2.75, 3.05) is 19.6 Å². The molecule has 1 unspecified atom stereocenters. The van der Waals surface area contributed by atoms with Crippen LogP contribution < -0.4 is 16.2 Å². The van der Waals surface area contributed by atoms with E-state index >= 15 is 0 Å². The van der Waals surface area contributed by atoms with Crippen LogP contribution in [0.15, 0.2) is 47.3 Å². The van der Waals surface area contributed by atoms with Crippen molar-refractivity contribution >= 4 is 18.3 Å². The highest BCUT2D eigenvalue weighted by molar-refractivity contribution is 5.92. The fourth-order valence-corrected chi connectivity index (χ4v) is 2.71. The second-order valence-corrected chi connectivity index (χ2v) is 5.73. The average Bonchev–Trinajstić information content (AvgIpc) is 2.62. The van der Waals surface area contributed by atoms with Gasteiger partial charge in [0.1, 0.15) is 5.69 Å². The van der Waals surface area contributed by atoms with E-state index < -0.39 is 0 Å². The number of nitrogens with one attached hydrogen (secondary N) is 2. The molecule has 1 aliphatic rings. The van der Waals surface area contributed by atoms with Crippen molar-refractivity contribution in [1.82, 2.24) is 20.4 Å². The lowest BCUT2D eigenvalue weighted by molar-refractivity contribution is 0.0938. The van der Waals surface area contributed by atoms with Gasteiger partial charge >= 0.3 is 0 Å². The number of para-hydroxylation sites is 1. The van der Waals surface area contributed by atoms with E-state index in [9.17, 15) is 9.59 Å². The molecule has 0 saturated carbocycles. The predicted octanol–water partition coefficient (Wildman–Crippen LogP) is 1.38. The van der Waals surface area contributed by atoms with Crippen LogP contribution in [0.25, 0.3) is 5.69 Å². The number of carbonyl (C=O) groups is 1. The number of benzene rings is 1. The Balaban J connectivity index is 0.00000208. The lowest BCUT2D eigenvalue weighted by Crippen LogP contribution is -2.38. The monoisotopic (exact) mass is 348 g/mol. The molecule has 6 nitrogen and oxygen atoms in total. The van der Waals surface area contributed by atoms with E-state index in [0.29, 0.717) is 18.2 Å². The van der Waals surface area contributed by atoms with Gasteiger partial charge in [0.25, 0.3) is 11.5 Å². The maximum atomic E-state index is 12.3. The van der Waals surface area contributed by atoms with Gasteiger partial charge in [-0.3, -0.25) is 9.59 Å². The average molecular weight is 349 g/mol. The van der Waals surface area contributed by atoms with Crippen molar-refractivity contribution in [1.29, 1.82) is 0 Å². The van der Waals surface area contributed by atoms with Gasteiger partial charge in [0, 0.05) is 12.6 Å². The SMILES string of the molecule is Cl.O=C(NCC1CCCNC1)c1ccc(=O)n(-c2ccccc2)n1. The molecular formula is C17H21ClN4O2. The molecule has 0 bridgehead atoms. The molecule has 2 heterocycles. The van der Waals surface area contributed by atoms with Gasteiger partial charge in [0.15, 0.2) is 0 Å². The summed E-state index contributed by atoms with van der Waals surface area (Å²) in [6.45, 7) is 2.60. The number of rotatable bonds is 4. The number of nitrogens with zero attached hydrogens (tertiary/aromatic N) is 2. The Morgan fingerprint density at radius 3 is 2.75 bits per heavy atom. The lowest BCUT2D eigenvalue weighted by atomic mass is 10.00. The smallest absolute Gasteiger partial charge is 0.271 e. The number of carbonyl (C=O) groups excluding carboxylic acids is 1. The van der Waals surface area contributed by atoms with Gasteiger partial charge in [0.2, 0.25) is 0 Å². The van der Waals surface area contributed by atoms with Crippen LogP contribution in [-0.4, -0.2) is 35.3 Å². The molecule has 1 atom stereocenters. The summed E-state index contributed by atoms with van der Waals surface area (Å²) in [7, 11) is 0. The highest BCUT2D eigenvalue weighted by Crippen LogP contribution is 2.08. The molecule has 2 N–H and O–H groups in total. The minimum Gasteiger partial charge on any atom is -0.350 e. The van der Waals surface area contributed by atoms with E-state index in [1.54, 1.807) is 12.1 Å². The van der Waals surface area contributed by atoms with Crippen LogP contribution in [-0.2, 0) is 0 Å². The van der Waals surface area contributed by atoms with Gasteiger partial charge in [-0.05, 0) is 50.0 Å². The van der Waals surface area contributed by atoms with Crippen molar-refractivity contribution in [2.24, 2.45) is 5.92 Å². The molecule has 0 aliphatic carbocycles. The van der Waals surface area contributed by atoms with Crippen LogP contribution in [0, 0.1) is 5.92 Å². The third-order valence-electron chi connectivity index (χ3n) is 3.98. The van der Waals surface area contributed by atoms with Gasteiger partial charge in [-0.2, -0.15) is 9.78 Å². The van der Waals surface area contributed by atoms with Gasteiger partial charge < -0.3 is 10.6 Å². The molecule has 7 heteroatoms. The van der Waals surface area contributed by atoms with Crippen LogP contribution >= 0.6 is 12.4 Å². The Hall–Kier alpha value is -2.18. The predicted molar refractivity (Wildman–Crippen MR) is 95.0 cm³/mol. The molecule has 1 aromatic heterocycles. The molecule has 0 spiro atoms. The summed E-state index contributed by atoms with van der Waals surface area (Å²) in [6.07, 6.45) is 2.25. The number of hydrogen-bond donors (Lipinski definition) is 2. The Bertz CT molecular complexity index is 727. The maximum absolute atomic E-state index is 12.3. The summed E-state index contributed by atoms with van der Waals surface area (Å²) in [6, 6.07) is 11.9. The molecule has 1 fully saturated rings. The number of hydrogen-bond acceptors (Lipinski definition) is 4. The van der Waals surface area contributed by atoms with E-state index in [1.807, 2.05) is 18.2 Å². The standard InChI is InChI=1S/C17H20N4O2.ClH/c22-16-9-8-15(20-21(16)14-6-2-1-3-7-14)17(23)19-12-13-5-4-10-18-11-13;/h1-3,6-9,13,18H,4-5,10-12H2,(H,19,23);1H. The van der Waals surface area contributed by atoms with E-state index in [1.165, 1.54) is 16.8 Å². The van der Waals surface area contributed by atoms with Crippen molar-refractivity contribution < 1.29 is 4.79 Å². The molecule has 0 radical (unpaired) electrons. The Labute approximate surface area is 146 Å². The summed E-state index contributed by atoms with van der Waals surface area (Å²) in [4.78, 5) is 24.2. The van der Waals surface area contributed by atoms with Gasteiger partial charge in [-0.15, -0.1) is 12.4 Å². The van der Waals surface area contributed by atoms with E-state index in [-0.39, 0.29) is 29.6 Å². The first-order chi connectivity index (χ1) is 11.2. The zero-order valence-electron chi connectivity index (χ0n) is 13.3. The first-order valence-electron chi connectivity index (χ1n) is 7.89. The second kappa shape index (κ2) is 8.61. The lowest BCUT2D eigenvalue weighted by Gasteiger charge is -2.22. The van der Waals surface area contributed by atoms with Crippen molar-refractivity contribution in [3.63, 3.8) is 0 Å². The van der Waals surface area contributed by atoms with E-state index in [4.69, 9.17) is 0 Å². The van der Waals surface area contributed by atoms with Crippen LogP contribution in [0.3, 0.4) is 0 Å².